The van der Waals surface area contributed by atoms with E-state index in [0.717, 1.165) is 19.3 Å². The third kappa shape index (κ3) is 4.81. The summed E-state index contributed by atoms with van der Waals surface area (Å²) in [7, 11) is 0. The van der Waals surface area contributed by atoms with E-state index in [1.54, 1.807) is 18.2 Å². The van der Waals surface area contributed by atoms with Crippen molar-refractivity contribution >= 4 is 17.8 Å². The lowest BCUT2D eigenvalue weighted by atomic mass is 9.79. The summed E-state index contributed by atoms with van der Waals surface area (Å²) in [6.07, 6.45) is 3.39. The maximum atomic E-state index is 12.2. The van der Waals surface area contributed by atoms with E-state index in [9.17, 15) is 19.5 Å². The van der Waals surface area contributed by atoms with Gasteiger partial charge in [0.15, 0.2) is 0 Å². The summed E-state index contributed by atoms with van der Waals surface area (Å²) in [6, 6.07) is 6.35. The van der Waals surface area contributed by atoms with Gasteiger partial charge in [-0.05, 0) is 37.0 Å². The molecule has 0 aromatic heterocycles. The quantitative estimate of drug-likeness (QED) is 0.641. The summed E-state index contributed by atoms with van der Waals surface area (Å²) in [5.74, 6) is -1.66. The van der Waals surface area contributed by atoms with E-state index in [0.29, 0.717) is 24.3 Å². The van der Waals surface area contributed by atoms with E-state index >= 15 is 0 Å². The highest BCUT2D eigenvalue weighted by molar-refractivity contribution is 5.94. The van der Waals surface area contributed by atoms with Crippen LogP contribution in [0.2, 0.25) is 0 Å². The SMILES string of the molecule is CC(=O)Oc1cccc(C(=O)NC[C@@H]2CCCC[C@@H]2C(=O)O)c1. The molecule has 2 N–H and O–H groups in total. The molecule has 0 radical (unpaired) electrons. The fraction of sp³-hybridized carbons (Fsp3) is 0.471. The van der Waals surface area contributed by atoms with Gasteiger partial charge in [-0.2, -0.15) is 0 Å². The lowest BCUT2D eigenvalue weighted by molar-refractivity contribution is -0.144. The van der Waals surface area contributed by atoms with Crippen molar-refractivity contribution in [3.05, 3.63) is 29.8 Å². The second-order valence-corrected chi connectivity index (χ2v) is 5.82. The molecule has 1 aromatic rings. The van der Waals surface area contributed by atoms with Gasteiger partial charge in [-0.1, -0.05) is 18.9 Å². The van der Waals surface area contributed by atoms with Gasteiger partial charge in [0, 0.05) is 19.0 Å². The molecule has 2 atom stereocenters. The van der Waals surface area contributed by atoms with Gasteiger partial charge in [-0.15, -0.1) is 0 Å². The van der Waals surface area contributed by atoms with Crippen LogP contribution in [0.1, 0.15) is 43.0 Å². The lowest BCUT2D eigenvalue weighted by Gasteiger charge is -2.28. The summed E-state index contributed by atoms with van der Waals surface area (Å²) in [5.41, 5.74) is 0.381. The maximum absolute atomic E-state index is 12.2. The van der Waals surface area contributed by atoms with Crippen LogP contribution in [-0.4, -0.2) is 29.5 Å². The molecule has 124 valence electrons. The number of aliphatic carboxylic acids is 1. The number of carbonyl (C=O) groups excluding carboxylic acids is 2. The Kier molecular flexibility index (Phi) is 5.73. The maximum Gasteiger partial charge on any atom is 0.308 e. The van der Waals surface area contributed by atoms with Gasteiger partial charge in [0.1, 0.15) is 5.75 Å². The van der Waals surface area contributed by atoms with Crippen LogP contribution in [0, 0.1) is 11.8 Å². The first-order valence-electron chi connectivity index (χ1n) is 7.77. The summed E-state index contributed by atoms with van der Waals surface area (Å²) in [6.45, 7) is 1.63. The Hall–Kier alpha value is -2.37. The molecular weight excluding hydrogens is 298 g/mol. The Morgan fingerprint density at radius 3 is 2.70 bits per heavy atom. The van der Waals surface area contributed by atoms with Gasteiger partial charge >= 0.3 is 11.9 Å². The van der Waals surface area contributed by atoms with Crippen molar-refractivity contribution < 1.29 is 24.2 Å². The second-order valence-electron chi connectivity index (χ2n) is 5.82. The number of carbonyl (C=O) groups is 3. The number of benzene rings is 1. The zero-order valence-corrected chi connectivity index (χ0v) is 13.1. The zero-order chi connectivity index (χ0) is 16.8. The van der Waals surface area contributed by atoms with Gasteiger partial charge in [0.2, 0.25) is 0 Å². The molecular formula is C17H21NO5. The molecule has 0 saturated heterocycles. The number of carboxylic acid groups (broad SMARTS) is 1. The third-order valence-electron chi connectivity index (χ3n) is 4.11. The Bertz CT molecular complexity index is 598. The van der Waals surface area contributed by atoms with E-state index in [-0.39, 0.29) is 11.8 Å². The molecule has 1 fully saturated rings. The summed E-state index contributed by atoms with van der Waals surface area (Å²) >= 11 is 0. The van der Waals surface area contributed by atoms with Gasteiger partial charge < -0.3 is 15.2 Å². The van der Waals surface area contributed by atoms with Crippen LogP contribution in [0.4, 0.5) is 0 Å². The monoisotopic (exact) mass is 319 g/mol. The predicted octanol–water partition coefficient (Wildman–Crippen LogP) is 2.23. The van der Waals surface area contributed by atoms with Gasteiger partial charge in [-0.3, -0.25) is 14.4 Å². The Morgan fingerprint density at radius 1 is 1.26 bits per heavy atom. The highest BCUT2D eigenvalue weighted by Crippen LogP contribution is 2.29. The first kappa shape index (κ1) is 17.0. The van der Waals surface area contributed by atoms with E-state index < -0.39 is 17.9 Å². The first-order chi connectivity index (χ1) is 11.0. The highest BCUT2D eigenvalue weighted by atomic mass is 16.5. The van der Waals surface area contributed by atoms with Crippen molar-refractivity contribution in [2.75, 3.05) is 6.54 Å². The molecule has 1 saturated carbocycles. The Labute approximate surface area is 134 Å². The van der Waals surface area contributed by atoms with E-state index in [2.05, 4.69) is 5.32 Å². The molecule has 1 aliphatic rings. The van der Waals surface area contributed by atoms with Crippen molar-refractivity contribution in [2.45, 2.75) is 32.6 Å². The fourth-order valence-corrected chi connectivity index (χ4v) is 2.97. The molecule has 23 heavy (non-hydrogen) atoms. The number of rotatable bonds is 5. The van der Waals surface area contributed by atoms with Crippen LogP contribution < -0.4 is 10.1 Å². The van der Waals surface area contributed by atoms with Crippen LogP contribution in [0.5, 0.6) is 5.75 Å². The van der Waals surface area contributed by atoms with Crippen LogP contribution in [0.15, 0.2) is 24.3 Å². The second kappa shape index (κ2) is 7.76. The van der Waals surface area contributed by atoms with Crippen molar-refractivity contribution in [3.63, 3.8) is 0 Å². The van der Waals surface area contributed by atoms with E-state index in [1.165, 1.54) is 13.0 Å². The van der Waals surface area contributed by atoms with Gasteiger partial charge in [-0.25, -0.2) is 0 Å². The van der Waals surface area contributed by atoms with Gasteiger partial charge in [0.25, 0.3) is 5.91 Å². The van der Waals surface area contributed by atoms with Crippen molar-refractivity contribution in [1.82, 2.24) is 5.32 Å². The predicted molar refractivity (Wildman–Crippen MR) is 83.2 cm³/mol. The van der Waals surface area contributed by atoms with Crippen LogP contribution >= 0.6 is 0 Å². The minimum absolute atomic E-state index is 0.0400. The average Bonchev–Trinajstić information content (AvgIpc) is 2.52. The average molecular weight is 319 g/mol. The summed E-state index contributed by atoms with van der Waals surface area (Å²) in [5, 5.41) is 12.0. The molecule has 0 heterocycles. The number of nitrogens with one attached hydrogen (secondary N) is 1. The Morgan fingerprint density at radius 2 is 2.00 bits per heavy atom. The first-order valence-corrected chi connectivity index (χ1v) is 7.77. The number of hydrogen-bond acceptors (Lipinski definition) is 4. The van der Waals surface area contributed by atoms with Gasteiger partial charge in [0.05, 0.1) is 5.92 Å². The normalized spacial score (nSPS) is 20.6. The highest BCUT2D eigenvalue weighted by Gasteiger charge is 2.30. The molecule has 1 amide bonds. The molecule has 6 nitrogen and oxygen atoms in total. The molecule has 0 bridgehead atoms. The zero-order valence-electron chi connectivity index (χ0n) is 13.1. The topological polar surface area (TPSA) is 92.7 Å². The van der Waals surface area contributed by atoms with Crippen molar-refractivity contribution in [2.24, 2.45) is 11.8 Å². The molecule has 0 spiro atoms. The molecule has 1 aromatic carbocycles. The molecule has 2 rings (SSSR count). The van der Waals surface area contributed by atoms with Crippen LogP contribution in [0.25, 0.3) is 0 Å². The number of esters is 1. The number of carboxylic acids is 1. The largest absolute Gasteiger partial charge is 0.481 e. The minimum atomic E-state index is -0.791. The number of hydrogen-bond donors (Lipinski definition) is 2. The van der Waals surface area contributed by atoms with Crippen LogP contribution in [-0.2, 0) is 9.59 Å². The fourth-order valence-electron chi connectivity index (χ4n) is 2.97. The standard InChI is InChI=1S/C17H21NO5/c1-11(19)23-14-7-4-6-12(9-14)16(20)18-10-13-5-2-3-8-15(13)17(21)22/h4,6-7,9,13,15H,2-3,5,8,10H2,1H3,(H,18,20)(H,21,22)/t13-,15-/m0/s1. The van der Waals surface area contributed by atoms with E-state index in [1.807, 2.05) is 0 Å². The lowest BCUT2D eigenvalue weighted by Crippen LogP contribution is -2.37. The smallest absolute Gasteiger partial charge is 0.308 e. The Balaban J connectivity index is 1.96. The summed E-state index contributed by atoms with van der Waals surface area (Å²) in [4.78, 5) is 34.4. The molecule has 1 aliphatic carbocycles. The van der Waals surface area contributed by atoms with Crippen LogP contribution in [0.3, 0.4) is 0 Å². The van der Waals surface area contributed by atoms with Crippen molar-refractivity contribution in [3.8, 4) is 5.75 Å². The molecule has 6 heteroatoms. The third-order valence-corrected chi connectivity index (χ3v) is 4.11. The van der Waals surface area contributed by atoms with E-state index in [4.69, 9.17) is 4.74 Å². The molecule has 0 unspecified atom stereocenters. The molecule has 0 aliphatic heterocycles. The summed E-state index contributed by atoms with van der Waals surface area (Å²) < 4.78 is 4.95. The number of amides is 1. The van der Waals surface area contributed by atoms with Crippen molar-refractivity contribution in [1.29, 1.82) is 0 Å². The minimum Gasteiger partial charge on any atom is -0.481 e. The number of ether oxygens (including phenoxy) is 1.